The lowest BCUT2D eigenvalue weighted by Gasteiger charge is -2.12. The van der Waals surface area contributed by atoms with Gasteiger partial charge in [-0.1, -0.05) is 24.3 Å². The fourth-order valence-electron chi connectivity index (χ4n) is 3.41. The molecule has 0 spiro atoms. The van der Waals surface area contributed by atoms with E-state index in [9.17, 15) is 19.4 Å². The minimum Gasteiger partial charge on any atom is -0.507 e. The first-order valence-electron chi connectivity index (χ1n) is 9.07. The number of benzene rings is 3. The van der Waals surface area contributed by atoms with E-state index in [-0.39, 0.29) is 11.5 Å². The monoisotopic (exact) mass is 404 g/mol. The summed E-state index contributed by atoms with van der Waals surface area (Å²) in [7, 11) is 0. The van der Waals surface area contributed by atoms with Crippen LogP contribution in [-0.2, 0) is 0 Å². The molecule has 0 aliphatic rings. The van der Waals surface area contributed by atoms with Crippen molar-refractivity contribution in [1.82, 2.24) is 9.55 Å². The van der Waals surface area contributed by atoms with Crippen LogP contribution in [0.3, 0.4) is 0 Å². The van der Waals surface area contributed by atoms with Gasteiger partial charge in [-0.05, 0) is 49.4 Å². The molecular formula is C23H17FN2O4. The highest BCUT2D eigenvalue weighted by Crippen LogP contribution is 2.38. The van der Waals surface area contributed by atoms with Crippen molar-refractivity contribution in [3.8, 4) is 39.8 Å². The van der Waals surface area contributed by atoms with Crippen LogP contribution < -0.4 is 0 Å². The van der Waals surface area contributed by atoms with Gasteiger partial charge in [-0.25, -0.2) is 14.2 Å². The van der Waals surface area contributed by atoms with Gasteiger partial charge in [-0.15, -0.1) is 0 Å². The zero-order valence-corrected chi connectivity index (χ0v) is 15.9. The fourth-order valence-corrected chi connectivity index (χ4v) is 3.41. The molecule has 0 saturated carbocycles. The van der Waals surface area contributed by atoms with Crippen LogP contribution in [0.5, 0.6) is 11.5 Å². The molecule has 150 valence electrons. The van der Waals surface area contributed by atoms with Gasteiger partial charge in [-0.3, -0.25) is 4.57 Å². The number of halogens is 1. The number of nitrogens with zero attached hydrogens (tertiary/aromatic N) is 2. The van der Waals surface area contributed by atoms with Crippen molar-refractivity contribution in [3.05, 3.63) is 83.8 Å². The summed E-state index contributed by atoms with van der Waals surface area (Å²) >= 11 is 0. The number of phenolic OH excluding ortho intramolecular Hbond substituents is 2. The zero-order chi connectivity index (χ0) is 21.4. The van der Waals surface area contributed by atoms with Crippen molar-refractivity contribution < 1.29 is 24.5 Å². The molecule has 6 nitrogen and oxygen atoms in total. The average molecular weight is 404 g/mol. The Balaban J connectivity index is 2.02. The summed E-state index contributed by atoms with van der Waals surface area (Å²) in [6, 6.07) is 17.0. The lowest BCUT2D eigenvalue weighted by atomic mass is 10.1. The number of hydrogen-bond donors (Lipinski definition) is 3. The number of carboxylic acids is 1. The number of phenols is 2. The number of hydrogen-bond acceptors (Lipinski definition) is 4. The Bertz CT molecular complexity index is 1280. The minimum absolute atomic E-state index is 0.0183. The fraction of sp³-hybridized carbons (Fsp3) is 0.0435. The molecule has 0 atom stereocenters. The lowest BCUT2D eigenvalue weighted by molar-refractivity contribution is 0.0692. The molecule has 0 aliphatic heterocycles. The minimum atomic E-state index is -1.36. The Hall–Kier alpha value is -4.13. The standard InChI is InChI=1S/C23H17FN2O4/c1-13-21(16-6-2-4-8-19(16)27)25-22(17-7-3-5-9-20(17)28)26(13)14-10-11-15(23(29)30)18(24)12-14/h2-12,27-28H,1H3,(H,29,30). The van der Waals surface area contributed by atoms with Crippen molar-refractivity contribution in [2.45, 2.75) is 6.92 Å². The number of imidazole rings is 1. The van der Waals surface area contributed by atoms with Crippen molar-refractivity contribution in [2.24, 2.45) is 0 Å². The Morgan fingerprint density at radius 2 is 1.53 bits per heavy atom. The first-order chi connectivity index (χ1) is 14.4. The van der Waals surface area contributed by atoms with Crippen LogP contribution in [0, 0.1) is 12.7 Å². The average Bonchev–Trinajstić information content (AvgIpc) is 3.05. The quantitative estimate of drug-likeness (QED) is 0.456. The van der Waals surface area contributed by atoms with Gasteiger partial charge in [0.2, 0.25) is 0 Å². The molecule has 1 aromatic heterocycles. The maximum Gasteiger partial charge on any atom is 0.338 e. The summed E-state index contributed by atoms with van der Waals surface area (Å²) in [5.41, 5.74) is 1.81. The molecule has 3 N–H and O–H groups in total. The molecule has 0 radical (unpaired) electrons. The normalized spacial score (nSPS) is 10.9. The largest absolute Gasteiger partial charge is 0.507 e. The zero-order valence-electron chi connectivity index (χ0n) is 15.9. The number of para-hydroxylation sites is 2. The second kappa shape index (κ2) is 7.36. The number of aromatic hydroxyl groups is 2. The molecule has 4 rings (SSSR count). The molecule has 0 bridgehead atoms. The van der Waals surface area contributed by atoms with E-state index in [1.807, 2.05) is 0 Å². The topological polar surface area (TPSA) is 95.6 Å². The summed E-state index contributed by atoms with van der Waals surface area (Å²) in [4.78, 5) is 15.8. The lowest BCUT2D eigenvalue weighted by Crippen LogP contribution is -2.05. The Labute approximate surface area is 171 Å². The van der Waals surface area contributed by atoms with E-state index in [0.717, 1.165) is 6.07 Å². The SMILES string of the molecule is Cc1c(-c2ccccc2O)nc(-c2ccccc2O)n1-c1ccc(C(=O)O)c(F)c1. The van der Waals surface area contributed by atoms with Crippen molar-refractivity contribution in [2.75, 3.05) is 0 Å². The number of aromatic carboxylic acids is 1. The highest BCUT2D eigenvalue weighted by molar-refractivity contribution is 5.88. The molecule has 0 saturated heterocycles. The smallest absolute Gasteiger partial charge is 0.338 e. The van der Waals surface area contributed by atoms with E-state index in [1.54, 1.807) is 47.9 Å². The van der Waals surface area contributed by atoms with E-state index in [2.05, 4.69) is 4.98 Å². The molecule has 0 amide bonds. The maximum atomic E-state index is 14.4. The van der Waals surface area contributed by atoms with Gasteiger partial charge in [0.25, 0.3) is 0 Å². The van der Waals surface area contributed by atoms with E-state index in [4.69, 9.17) is 5.11 Å². The highest BCUT2D eigenvalue weighted by Gasteiger charge is 2.22. The van der Waals surface area contributed by atoms with E-state index >= 15 is 0 Å². The summed E-state index contributed by atoms with van der Waals surface area (Å²) in [6.45, 7) is 1.75. The molecule has 7 heteroatoms. The Morgan fingerprint density at radius 1 is 0.933 bits per heavy atom. The Kier molecular flexibility index (Phi) is 4.71. The molecule has 30 heavy (non-hydrogen) atoms. The van der Waals surface area contributed by atoms with Gasteiger partial charge in [-0.2, -0.15) is 0 Å². The van der Waals surface area contributed by atoms with Crippen molar-refractivity contribution >= 4 is 5.97 Å². The number of aromatic nitrogens is 2. The third-order valence-corrected chi connectivity index (χ3v) is 4.85. The van der Waals surface area contributed by atoms with Crippen LogP contribution in [0.15, 0.2) is 66.7 Å². The van der Waals surface area contributed by atoms with Gasteiger partial charge in [0.1, 0.15) is 23.1 Å². The van der Waals surface area contributed by atoms with E-state index in [0.29, 0.717) is 34.0 Å². The van der Waals surface area contributed by atoms with Crippen LogP contribution in [0.1, 0.15) is 16.1 Å². The van der Waals surface area contributed by atoms with Crippen molar-refractivity contribution in [1.29, 1.82) is 0 Å². The van der Waals surface area contributed by atoms with Gasteiger partial charge in [0.15, 0.2) is 0 Å². The number of carboxylic acid groups (broad SMARTS) is 1. The van der Waals surface area contributed by atoms with Gasteiger partial charge in [0, 0.05) is 11.3 Å². The molecule has 0 unspecified atom stereocenters. The maximum absolute atomic E-state index is 14.4. The third-order valence-electron chi connectivity index (χ3n) is 4.85. The highest BCUT2D eigenvalue weighted by atomic mass is 19.1. The molecular weight excluding hydrogens is 387 g/mol. The number of carbonyl (C=O) groups is 1. The van der Waals surface area contributed by atoms with Crippen LogP contribution in [0.25, 0.3) is 28.3 Å². The van der Waals surface area contributed by atoms with Crippen LogP contribution >= 0.6 is 0 Å². The summed E-state index contributed by atoms with van der Waals surface area (Å²) in [5.74, 6) is -1.92. The second-order valence-electron chi connectivity index (χ2n) is 6.71. The van der Waals surface area contributed by atoms with E-state index < -0.39 is 17.3 Å². The number of rotatable bonds is 4. The molecule has 3 aromatic carbocycles. The Morgan fingerprint density at radius 3 is 2.10 bits per heavy atom. The van der Waals surface area contributed by atoms with Gasteiger partial charge >= 0.3 is 5.97 Å². The third kappa shape index (κ3) is 3.16. The van der Waals surface area contributed by atoms with Crippen LogP contribution in [-0.4, -0.2) is 30.8 Å². The van der Waals surface area contributed by atoms with Crippen molar-refractivity contribution in [3.63, 3.8) is 0 Å². The predicted octanol–water partition coefficient (Wildman–Crippen LogP) is 4.76. The van der Waals surface area contributed by atoms with E-state index in [1.165, 1.54) is 24.3 Å². The summed E-state index contributed by atoms with van der Waals surface area (Å²) in [6.07, 6.45) is 0. The molecule has 0 aliphatic carbocycles. The first kappa shape index (κ1) is 19.2. The summed E-state index contributed by atoms with van der Waals surface area (Å²) in [5, 5.41) is 29.8. The van der Waals surface area contributed by atoms with Crippen LogP contribution in [0.4, 0.5) is 4.39 Å². The first-order valence-corrected chi connectivity index (χ1v) is 9.07. The van der Waals surface area contributed by atoms with Crippen LogP contribution in [0.2, 0.25) is 0 Å². The molecule has 0 fully saturated rings. The summed E-state index contributed by atoms with van der Waals surface area (Å²) < 4.78 is 16.0. The predicted molar refractivity (Wildman–Crippen MR) is 109 cm³/mol. The van der Waals surface area contributed by atoms with Gasteiger partial charge < -0.3 is 15.3 Å². The second-order valence-corrected chi connectivity index (χ2v) is 6.71. The molecule has 1 heterocycles. The molecule has 4 aromatic rings. The van der Waals surface area contributed by atoms with Gasteiger partial charge in [0.05, 0.1) is 22.5 Å².